The quantitative estimate of drug-likeness (QED) is 0.259. The molecule has 0 saturated heterocycles. The topological polar surface area (TPSA) is 44.1 Å². The van der Waals surface area contributed by atoms with E-state index < -0.39 is 0 Å². The van der Waals surface area contributed by atoms with Gasteiger partial charge in [-0.2, -0.15) is 0 Å². The van der Waals surface area contributed by atoms with Gasteiger partial charge in [-0.15, -0.1) is 0 Å². The molecule has 0 bridgehead atoms. The number of rotatable bonds is 6. The molecule has 0 aliphatic rings. The standard InChI is InChI=1S/C29H23FN2O2/c1-19-15-25(34-24-13-9-22(18-33)10-14-24)16-20(2)28(19)29-31-26-5-3-4-6-27(26)32(29)17-21-7-11-23(30)12-8-21/h3-16,18H,17H2,1-2H3. The smallest absolute Gasteiger partial charge is 0.150 e. The van der Waals surface area contributed by atoms with Crippen LogP contribution in [0.15, 0.2) is 84.9 Å². The summed E-state index contributed by atoms with van der Waals surface area (Å²) in [5.74, 6) is 2.00. The Morgan fingerprint density at radius 1 is 0.882 bits per heavy atom. The van der Waals surface area contributed by atoms with Crippen LogP contribution in [0.4, 0.5) is 4.39 Å². The molecule has 5 rings (SSSR count). The second kappa shape index (κ2) is 8.94. The van der Waals surface area contributed by atoms with Gasteiger partial charge in [-0.05, 0) is 91.2 Å². The highest BCUT2D eigenvalue weighted by molar-refractivity contribution is 5.82. The number of hydrogen-bond donors (Lipinski definition) is 0. The molecule has 0 N–H and O–H groups in total. The molecule has 0 spiro atoms. The van der Waals surface area contributed by atoms with Gasteiger partial charge in [0.15, 0.2) is 0 Å². The third-order valence-corrected chi connectivity index (χ3v) is 5.89. The summed E-state index contributed by atoms with van der Waals surface area (Å²) < 4.78 is 21.7. The summed E-state index contributed by atoms with van der Waals surface area (Å²) in [5.41, 5.74) is 6.66. The van der Waals surface area contributed by atoms with Crippen molar-refractivity contribution in [3.63, 3.8) is 0 Å². The Kier molecular flexibility index (Phi) is 5.68. The summed E-state index contributed by atoms with van der Waals surface area (Å²) >= 11 is 0. The van der Waals surface area contributed by atoms with E-state index in [1.807, 2.05) is 44.2 Å². The molecule has 5 aromatic rings. The summed E-state index contributed by atoms with van der Waals surface area (Å²) in [7, 11) is 0. The molecule has 1 heterocycles. The first-order chi connectivity index (χ1) is 16.5. The predicted octanol–water partition coefficient (Wildman–Crippen LogP) is 7.11. The molecule has 0 saturated carbocycles. The number of hydrogen-bond acceptors (Lipinski definition) is 3. The highest BCUT2D eigenvalue weighted by Crippen LogP contribution is 2.34. The number of imidazole rings is 1. The maximum absolute atomic E-state index is 13.5. The molecule has 4 aromatic carbocycles. The van der Waals surface area contributed by atoms with E-state index >= 15 is 0 Å². The van der Waals surface area contributed by atoms with Gasteiger partial charge in [0.2, 0.25) is 0 Å². The van der Waals surface area contributed by atoms with Gasteiger partial charge < -0.3 is 9.30 Å². The zero-order valence-electron chi connectivity index (χ0n) is 19.0. The number of para-hydroxylation sites is 2. The van der Waals surface area contributed by atoms with E-state index in [1.54, 1.807) is 36.4 Å². The van der Waals surface area contributed by atoms with Gasteiger partial charge in [-0.3, -0.25) is 4.79 Å². The Labute approximate surface area is 197 Å². The Morgan fingerprint density at radius 2 is 1.56 bits per heavy atom. The average Bonchev–Trinajstić information content (AvgIpc) is 3.18. The molecule has 168 valence electrons. The fourth-order valence-corrected chi connectivity index (χ4v) is 4.28. The van der Waals surface area contributed by atoms with E-state index in [1.165, 1.54) is 12.1 Å². The fourth-order valence-electron chi connectivity index (χ4n) is 4.28. The van der Waals surface area contributed by atoms with Crippen molar-refractivity contribution in [2.75, 3.05) is 0 Å². The number of aryl methyl sites for hydroxylation is 2. The van der Waals surface area contributed by atoms with Crippen LogP contribution in [0.5, 0.6) is 11.5 Å². The molecule has 0 aliphatic carbocycles. The van der Waals surface area contributed by atoms with E-state index in [-0.39, 0.29) is 5.82 Å². The van der Waals surface area contributed by atoms with Crippen LogP contribution in [0.3, 0.4) is 0 Å². The first-order valence-electron chi connectivity index (χ1n) is 11.1. The summed E-state index contributed by atoms with van der Waals surface area (Å²) in [4.78, 5) is 15.9. The van der Waals surface area contributed by atoms with Crippen molar-refractivity contribution >= 4 is 17.3 Å². The van der Waals surface area contributed by atoms with Crippen molar-refractivity contribution < 1.29 is 13.9 Å². The summed E-state index contributed by atoms with van der Waals surface area (Å²) in [6.07, 6.45) is 0.810. The summed E-state index contributed by atoms with van der Waals surface area (Å²) in [6, 6.07) is 25.6. The number of carbonyl (C=O) groups is 1. The number of fused-ring (bicyclic) bond motifs is 1. The average molecular weight is 451 g/mol. The Hall–Kier alpha value is -4.25. The number of aromatic nitrogens is 2. The predicted molar refractivity (Wildman–Crippen MR) is 132 cm³/mol. The van der Waals surface area contributed by atoms with Crippen LogP contribution < -0.4 is 4.74 Å². The molecule has 0 aliphatic heterocycles. The van der Waals surface area contributed by atoms with Crippen molar-refractivity contribution in [1.29, 1.82) is 0 Å². The molecule has 0 atom stereocenters. The lowest BCUT2D eigenvalue weighted by Crippen LogP contribution is -2.04. The molecule has 0 fully saturated rings. The Morgan fingerprint density at radius 3 is 2.24 bits per heavy atom. The van der Waals surface area contributed by atoms with Crippen molar-refractivity contribution in [1.82, 2.24) is 9.55 Å². The van der Waals surface area contributed by atoms with Crippen LogP contribution in [0, 0.1) is 19.7 Å². The fraction of sp³-hybridized carbons (Fsp3) is 0.103. The highest BCUT2D eigenvalue weighted by Gasteiger charge is 2.18. The first kappa shape index (κ1) is 21.6. The number of aldehydes is 1. The van der Waals surface area contributed by atoms with Crippen molar-refractivity contribution in [2.45, 2.75) is 20.4 Å². The van der Waals surface area contributed by atoms with Crippen LogP contribution >= 0.6 is 0 Å². The summed E-state index contributed by atoms with van der Waals surface area (Å²) in [5, 5.41) is 0. The van der Waals surface area contributed by atoms with Crippen LogP contribution in [0.25, 0.3) is 22.4 Å². The molecule has 1 aromatic heterocycles. The van der Waals surface area contributed by atoms with E-state index in [0.29, 0.717) is 17.9 Å². The zero-order chi connectivity index (χ0) is 23.7. The Bertz CT molecular complexity index is 1460. The monoisotopic (exact) mass is 450 g/mol. The van der Waals surface area contributed by atoms with E-state index in [2.05, 4.69) is 10.6 Å². The lowest BCUT2D eigenvalue weighted by molar-refractivity contribution is 0.112. The minimum absolute atomic E-state index is 0.248. The van der Waals surface area contributed by atoms with Gasteiger partial charge in [0, 0.05) is 17.7 Å². The molecule has 34 heavy (non-hydrogen) atoms. The lowest BCUT2D eigenvalue weighted by Gasteiger charge is -2.16. The van der Waals surface area contributed by atoms with Gasteiger partial charge >= 0.3 is 0 Å². The molecule has 0 radical (unpaired) electrons. The van der Waals surface area contributed by atoms with Crippen LogP contribution in [-0.2, 0) is 6.54 Å². The van der Waals surface area contributed by atoms with Gasteiger partial charge in [-0.1, -0.05) is 24.3 Å². The lowest BCUT2D eigenvalue weighted by atomic mass is 10.0. The molecular formula is C29H23FN2O2. The summed E-state index contributed by atoms with van der Waals surface area (Å²) in [6.45, 7) is 4.68. The molecule has 5 heteroatoms. The zero-order valence-corrected chi connectivity index (χ0v) is 19.0. The normalized spacial score (nSPS) is 11.0. The maximum Gasteiger partial charge on any atom is 0.150 e. The van der Waals surface area contributed by atoms with Crippen LogP contribution in [-0.4, -0.2) is 15.8 Å². The minimum Gasteiger partial charge on any atom is -0.457 e. The van der Waals surface area contributed by atoms with Gasteiger partial charge in [0.05, 0.1) is 11.0 Å². The maximum atomic E-state index is 13.5. The van der Waals surface area contributed by atoms with Crippen molar-refractivity contribution in [3.8, 4) is 22.9 Å². The van der Waals surface area contributed by atoms with Gasteiger partial charge in [-0.25, -0.2) is 9.37 Å². The first-order valence-corrected chi connectivity index (χ1v) is 11.1. The highest BCUT2D eigenvalue weighted by atomic mass is 19.1. The molecule has 0 amide bonds. The van der Waals surface area contributed by atoms with Crippen molar-refractivity contribution in [2.24, 2.45) is 0 Å². The van der Waals surface area contributed by atoms with Crippen molar-refractivity contribution in [3.05, 3.63) is 113 Å². The van der Waals surface area contributed by atoms with Crippen LogP contribution in [0.1, 0.15) is 27.0 Å². The van der Waals surface area contributed by atoms with E-state index in [0.717, 1.165) is 51.1 Å². The molecular weight excluding hydrogens is 427 g/mol. The molecule has 0 unspecified atom stereocenters. The number of benzene rings is 4. The van der Waals surface area contributed by atoms with E-state index in [4.69, 9.17) is 9.72 Å². The Balaban J connectivity index is 1.56. The number of nitrogens with zero attached hydrogens (tertiary/aromatic N) is 2. The second-order valence-corrected chi connectivity index (χ2v) is 8.36. The number of carbonyl (C=O) groups excluding carboxylic acids is 1. The van der Waals surface area contributed by atoms with Gasteiger partial charge in [0.25, 0.3) is 0 Å². The van der Waals surface area contributed by atoms with Gasteiger partial charge in [0.1, 0.15) is 29.4 Å². The minimum atomic E-state index is -0.248. The second-order valence-electron chi connectivity index (χ2n) is 8.36. The third kappa shape index (κ3) is 4.20. The largest absolute Gasteiger partial charge is 0.457 e. The third-order valence-electron chi connectivity index (χ3n) is 5.89. The molecule has 4 nitrogen and oxygen atoms in total. The van der Waals surface area contributed by atoms with E-state index in [9.17, 15) is 9.18 Å². The number of halogens is 1. The SMILES string of the molecule is Cc1cc(Oc2ccc(C=O)cc2)cc(C)c1-c1nc2ccccc2n1Cc1ccc(F)cc1. The number of ether oxygens (including phenoxy) is 1. The van der Waals surface area contributed by atoms with Crippen LogP contribution in [0.2, 0.25) is 0 Å².